The average Bonchev–Trinajstić information content (AvgIpc) is 2.68. The third-order valence-electron chi connectivity index (χ3n) is 3.10. The normalized spacial score (nSPS) is 19.3. The molecule has 7 heteroatoms. The molecular formula is C13H22N4O3. The van der Waals surface area contributed by atoms with E-state index in [9.17, 15) is 4.79 Å². The minimum absolute atomic E-state index is 0.0432. The standard InChI is InChI=1S/C13H22N4O3/c1-10-12(7-17(3)15-10)14-13(18)8-16(2)6-11-9-19-4-5-20-11/h7,11H,4-6,8-9H2,1-3H3,(H,14,18). The Morgan fingerprint density at radius 3 is 3.00 bits per heavy atom. The predicted molar refractivity (Wildman–Crippen MR) is 74.6 cm³/mol. The molecule has 0 bridgehead atoms. The van der Waals surface area contributed by atoms with Gasteiger partial charge in [0.25, 0.3) is 0 Å². The number of anilines is 1. The summed E-state index contributed by atoms with van der Waals surface area (Å²) in [7, 11) is 3.73. The third kappa shape index (κ3) is 4.29. The van der Waals surface area contributed by atoms with E-state index in [1.165, 1.54) is 0 Å². The van der Waals surface area contributed by atoms with Gasteiger partial charge in [-0.25, -0.2) is 0 Å². The van der Waals surface area contributed by atoms with Crippen LogP contribution in [0.1, 0.15) is 5.69 Å². The van der Waals surface area contributed by atoms with Crippen molar-refractivity contribution >= 4 is 11.6 Å². The van der Waals surface area contributed by atoms with Crippen LogP contribution in [0.25, 0.3) is 0 Å². The van der Waals surface area contributed by atoms with E-state index in [-0.39, 0.29) is 12.0 Å². The lowest BCUT2D eigenvalue weighted by Crippen LogP contribution is -2.41. The van der Waals surface area contributed by atoms with E-state index in [1.807, 2.05) is 25.9 Å². The Hall–Kier alpha value is -1.44. The van der Waals surface area contributed by atoms with E-state index >= 15 is 0 Å². The maximum absolute atomic E-state index is 12.0. The molecule has 0 radical (unpaired) electrons. The summed E-state index contributed by atoms with van der Waals surface area (Å²) in [5.74, 6) is -0.0553. The molecule has 112 valence electrons. The van der Waals surface area contributed by atoms with Crippen molar-refractivity contribution in [1.82, 2.24) is 14.7 Å². The molecule has 1 fully saturated rings. The van der Waals surface area contributed by atoms with Gasteiger partial charge in [0.2, 0.25) is 5.91 Å². The first-order valence-electron chi connectivity index (χ1n) is 6.72. The van der Waals surface area contributed by atoms with E-state index in [0.717, 1.165) is 11.4 Å². The van der Waals surface area contributed by atoms with Gasteiger partial charge >= 0.3 is 0 Å². The number of aromatic nitrogens is 2. The van der Waals surface area contributed by atoms with Gasteiger partial charge in [-0.2, -0.15) is 5.10 Å². The number of nitrogens with zero attached hydrogens (tertiary/aromatic N) is 3. The highest BCUT2D eigenvalue weighted by molar-refractivity contribution is 5.92. The molecule has 7 nitrogen and oxygen atoms in total. The van der Waals surface area contributed by atoms with Gasteiger partial charge in [-0.3, -0.25) is 14.4 Å². The fourth-order valence-electron chi connectivity index (χ4n) is 2.21. The summed E-state index contributed by atoms with van der Waals surface area (Å²) in [6.07, 6.45) is 1.84. The molecule has 0 aromatic carbocycles. The van der Waals surface area contributed by atoms with Crippen molar-refractivity contribution < 1.29 is 14.3 Å². The van der Waals surface area contributed by atoms with E-state index in [2.05, 4.69) is 10.4 Å². The summed E-state index contributed by atoms with van der Waals surface area (Å²) < 4.78 is 12.6. The van der Waals surface area contributed by atoms with Crippen molar-refractivity contribution in [3.63, 3.8) is 0 Å². The SMILES string of the molecule is Cc1nn(C)cc1NC(=O)CN(C)CC1COCCO1. The monoisotopic (exact) mass is 282 g/mol. The number of rotatable bonds is 5. The molecule has 1 aromatic heterocycles. The van der Waals surface area contributed by atoms with Crippen LogP contribution in [0, 0.1) is 6.92 Å². The Kier molecular flexibility index (Phi) is 5.11. The number of hydrogen-bond acceptors (Lipinski definition) is 5. The highest BCUT2D eigenvalue weighted by atomic mass is 16.6. The first-order valence-corrected chi connectivity index (χ1v) is 6.72. The number of hydrogen-bond donors (Lipinski definition) is 1. The summed E-state index contributed by atoms with van der Waals surface area (Å²) in [6.45, 7) is 4.73. The van der Waals surface area contributed by atoms with E-state index < -0.39 is 0 Å². The zero-order valence-corrected chi connectivity index (χ0v) is 12.3. The lowest BCUT2D eigenvalue weighted by molar-refractivity contribution is -0.119. The molecule has 1 atom stereocenters. The van der Waals surface area contributed by atoms with Crippen molar-refractivity contribution in [3.05, 3.63) is 11.9 Å². The van der Waals surface area contributed by atoms with Crippen molar-refractivity contribution in [2.24, 2.45) is 7.05 Å². The highest BCUT2D eigenvalue weighted by Crippen LogP contribution is 2.11. The zero-order chi connectivity index (χ0) is 14.5. The van der Waals surface area contributed by atoms with Crippen LogP contribution in [-0.2, 0) is 21.3 Å². The van der Waals surface area contributed by atoms with Crippen molar-refractivity contribution in [2.45, 2.75) is 13.0 Å². The summed E-state index contributed by atoms with van der Waals surface area (Å²) >= 11 is 0. The van der Waals surface area contributed by atoms with Gasteiger partial charge in [0.15, 0.2) is 0 Å². The number of carbonyl (C=O) groups is 1. The second kappa shape index (κ2) is 6.83. The van der Waals surface area contributed by atoms with E-state index in [0.29, 0.717) is 32.9 Å². The Balaban J connectivity index is 1.77. The maximum atomic E-state index is 12.0. The molecule has 0 spiro atoms. The molecule has 0 saturated carbocycles. The summed E-state index contributed by atoms with van der Waals surface area (Å²) in [5.41, 5.74) is 1.57. The second-order valence-electron chi connectivity index (χ2n) is 5.11. The summed E-state index contributed by atoms with van der Waals surface area (Å²) in [6, 6.07) is 0. The molecule has 1 aliphatic rings. The summed E-state index contributed by atoms with van der Waals surface area (Å²) in [5, 5.41) is 7.05. The second-order valence-corrected chi connectivity index (χ2v) is 5.11. The first-order chi connectivity index (χ1) is 9.54. The molecule has 1 aromatic rings. The smallest absolute Gasteiger partial charge is 0.238 e. The minimum Gasteiger partial charge on any atom is -0.376 e. The van der Waals surface area contributed by atoms with Gasteiger partial charge < -0.3 is 14.8 Å². The van der Waals surface area contributed by atoms with Crippen molar-refractivity contribution in [3.8, 4) is 0 Å². The fourth-order valence-corrected chi connectivity index (χ4v) is 2.21. The van der Waals surface area contributed by atoms with Crippen LogP contribution in [0.2, 0.25) is 0 Å². The molecule has 20 heavy (non-hydrogen) atoms. The number of amides is 1. The van der Waals surface area contributed by atoms with Gasteiger partial charge in [0.05, 0.1) is 43.9 Å². The van der Waals surface area contributed by atoms with Gasteiger partial charge in [-0.1, -0.05) is 0 Å². The fraction of sp³-hybridized carbons (Fsp3) is 0.692. The zero-order valence-electron chi connectivity index (χ0n) is 12.3. The maximum Gasteiger partial charge on any atom is 0.238 e. The Bertz CT molecular complexity index is 454. The Morgan fingerprint density at radius 2 is 2.40 bits per heavy atom. The molecule has 0 aliphatic carbocycles. The van der Waals surface area contributed by atoms with Gasteiger partial charge in [-0.05, 0) is 14.0 Å². The molecule has 1 N–H and O–H groups in total. The first kappa shape index (κ1) is 15.0. The Morgan fingerprint density at radius 1 is 1.60 bits per heavy atom. The van der Waals surface area contributed by atoms with E-state index in [1.54, 1.807) is 10.9 Å². The van der Waals surface area contributed by atoms with Crippen molar-refractivity contribution in [2.75, 3.05) is 45.3 Å². The molecular weight excluding hydrogens is 260 g/mol. The largest absolute Gasteiger partial charge is 0.376 e. The summed E-state index contributed by atoms with van der Waals surface area (Å²) in [4.78, 5) is 13.9. The van der Waals surface area contributed by atoms with Crippen LogP contribution in [0.5, 0.6) is 0 Å². The van der Waals surface area contributed by atoms with Gasteiger partial charge in [0, 0.05) is 19.8 Å². The molecule has 1 unspecified atom stereocenters. The molecule has 1 aliphatic heterocycles. The minimum atomic E-state index is -0.0553. The molecule has 1 saturated heterocycles. The predicted octanol–water partition coefficient (Wildman–Crippen LogP) is 0.0142. The lowest BCUT2D eigenvalue weighted by Gasteiger charge is -2.27. The average molecular weight is 282 g/mol. The lowest BCUT2D eigenvalue weighted by atomic mass is 10.3. The van der Waals surface area contributed by atoms with Crippen LogP contribution in [0.3, 0.4) is 0 Å². The number of carbonyl (C=O) groups excluding carboxylic acids is 1. The van der Waals surface area contributed by atoms with Crippen LogP contribution in [0.15, 0.2) is 6.20 Å². The molecule has 2 rings (SSSR count). The van der Waals surface area contributed by atoms with Crippen LogP contribution in [-0.4, -0.2) is 66.6 Å². The molecule has 2 heterocycles. The molecule has 1 amide bonds. The van der Waals surface area contributed by atoms with Crippen LogP contribution >= 0.6 is 0 Å². The van der Waals surface area contributed by atoms with Crippen LogP contribution < -0.4 is 5.32 Å². The number of likely N-dealkylation sites (N-methyl/N-ethyl adjacent to an activating group) is 1. The quantitative estimate of drug-likeness (QED) is 0.824. The topological polar surface area (TPSA) is 68.6 Å². The van der Waals surface area contributed by atoms with E-state index in [4.69, 9.17) is 9.47 Å². The third-order valence-corrected chi connectivity index (χ3v) is 3.10. The van der Waals surface area contributed by atoms with Gasteiger partial charge in [0.1, 0.15) is 0 Å². The van der Waals surface area contributed by atoms with Crippen LogP contribution in [0.4, 0.5) is 5.69 Å². The highest BCUT2D eigenvalue weighted by Gasteiger charge is 2.18. The van der Waals surface area contributed by atoms with Gasteiger partial charge in [-0.15, -0.1) is 0 Å². The van der Waals surface area contributed by atoms with Crippen molar-refractivity contribution in [1.29, 1.82) is 0 Å². The Labute approximate surface area is 118 Å². The number of nitrogens with one attached hydrogen (secondary N) is 1. The number of aryl methyl sites for hydroxylation is 2. The number of ether oxygens (including phenoxy) is 2.